The van der Waals surface area contributed by atoms with Crippen LogP contribution >= 0.6 is 7.26 Å². The molecule has 0 saturated heterocycles. The van der Waals surface area contributed by atoms with Gasteiger partial charge in [-0.05, 0) is 42.0 Å². The molecule has 27 heavy (non-hydrogen) atoms. The van der Waals surface area contributed by atoms with Crippen molar-refractivity contribution in [1.82, 2.24) is 0 Å². The molecule has 0 atom stereocenters. The summed E-state index contributed by atoms with van der Waals surface area (Å²) >= 11 is 0. The van der Waals surface area contributed by atoms with Crippen molar-refractivity contribution in [2.75, 3.05) is 12.8 Å². The van der Waals surface area contributed by atoms with Gasteiger partial charge in [0.2, 0.25) is 0 Å². The Labute approximate surface area is 161 Å². The van der Waals surface area contributed by atoms with Gasteiger partial charge in [-0.2, -0.15) is 0 Å². The first kappa shape index (κ1) is 19.1. The van der Waals surface area contributed by atoms with E-state index < -0.39 is 7.26 Å². The van der Waals surface area contributed by atoms with Gasteiger partial charge in [-0.25, -0.2) is 0 Å². The van der Waals surface area contributed by atoms with Crippen LogP contribution in [0.5, 0.6) is 0 Å². The molecule has 0 saturated carbocycles. The number of ether oxygens (including phenoxy) is 1. The van der Waals surface area contributed by atoms with Crippen LogP contribution in [0.1, 0.15) is 6.92 Å². The summed E-state index contributed by atoms with van der Waals surface area (Å²) in [6, 6.07) is 31.9. The largest absolute Gasteiger partial charge is 0.461 e. The molecule has 2 nitrogen and oxygen atoms in total. The Kier molecular flexibility index (Phi) is 6.21. The highest BCUT2D eigenvalue weighted by atomic mass is 31.2. The molecule has 0 amide bonds. The van der Waals surface area contributed by atoms with Crippen LogP contribution in [0.25, 0.3) is 0 Å². The van der Waals surface area contributed by atoms with Gasteiger partial charge in [0.15, 0.2) is 0 Å². The van der Waals surface area contributed by atoms with Crippen LogP contribution in [-0.2, 0) is 9.53 Å². The average Bonchev–Trinajstić information content (AvgIpc) is 2.72. The Morgan fingerprint density at radius 1 is 0.778 bits per heavy atom. The van der Waals surface area contributed by atoms with Gasteiger partial charge in [0, 0.05) is 6.92 Å². The third-order valence-electron chi connectivity index (χ3n) is 4.53. The van der Waals surface area contributed by atoms with E-state index in [1.54, 1.807) is 0 Å². The lowest BCUT2D eigenvalue weighted by Gasteiger charge is -2.28. The van der Waals surface area contributed by atoms with Crippen LogP contribution in [-0.4, -0.2) is 18.7 Å². The van der Waals surface area contributed by atoms with E-state index in [9.17, 15) is 4.79 Å². The van der Waals surface area contributed by atoms with Crippen LogP contribution < -0.4 is 15.9 Å². The second-order valence-corrected chi connectivity index (χ2v) is 9.99. The number of carbonyl (C=O) groups is 1. The van der Waals surface area contributed by atoms with Crippen molar-refractivity contribution < 1.29 is 9.53 Å². The number of hydrogen-bond acceptors (Lipinski definition) is 2. The average molecular weight is 375 g/mol. The highest BCUT2D eigenvalue weighted by molar-refractivity contribution is 7.95. The van der Waals surface area contributed by atoms with E-state index in [0.717, 1.165) is 11.7 Å². The van der Waals surface area contributed by atoms with E-state index in [2.05, 4.69) is 79.4 Å². The summed E-state index contributed by atoms with van der Waals surface area (Å²) in [5.41, 5.74) is 0.926. The van der Waals surface area contributed by atoms with Gasteiger partial charge in [-0.3, -0.25) is 4.79 Å². The normalized spacial score (nSPS) is 11.0. The summed E-state index contributed by atoms with van der Waals surface area (Å²) in [5.74, 6) is -0.279. The molecule has 3 heteroatoms. The molecule has 0 N–H and O–H groups in total. The lowest BCUT2D eigenvalue weighted by atomic mass is 10.3. The van der Waals surface area contributed by atoms with Crippen LogP contribution in [0.4, 0.5) is 0 Å². The maximum absolute atomic E-state index is 11.3. The number of benzene rings is 3. The fourth-order valence-corrected chi connectivity index (χ4v) is 7.60. The van der Waals surface area contributed by atoms with Crippen LogP contribution in [0, 0.1) is 0 Å². The summed E-state index contributed by atoms with van der Waals surface area (Å²) in [5, 5.41) is 3.89. The second-order valence-electron chi connectivity index (χ2n) is 6.50. The summed E-state index contributed by atoms with van der Waals surface area (Å²) in [6.07, 6.45) is 0.762. The van der Waals surface area contributed by atoms with Crippen molar-refractivity contribution in [2.45, 2.75) is 6.92 Å². The molecule has 0 aliphatic rings. The molecule has 0 spiro atoms. The maximum Gasteiger partial charge on any atom is 0.302 e. The molecule has 0 fully saturated rings. The van der Waals surface area contributed by atoms with Gasteiger partial charge in [-0.1, -0.05) is 61.2 Å². The monoisotopic (exact) mass is 375 g/mol. The topological polar surface area (TPSA) is 26.3 Å². The molecule has 0 aromatic heterocycles. The van der Waals surface area contributed by atoms with Gasteiger partial charge in [-0.15, -0.1) is 0 Å². The lowest BCUT2D eigenvalue weighted by Crippen LogP contribution is -2.34. The zero-order chi connectivity index (χ0) is 19.1. The van der Waals surface area contributed by atoms with Crippen molar-refractivity contribution in [3.63, 3.8) is 0 Å². The molecule has 0 heterocycles. The third-order valence-corrected chi connectivity index (χ3v) is 8.99. The first-order valence-electron chi connectivity index (χ1n) is 8.98. The van der Waals surface area contributed by atoms with Gasteiger partial charge in [0.25, 0.3) is 0 Å². The van der Waals surface area contributed by atoms with E-state index >= 15 is 0 Å². The molecule has 3 aromatic carbocycles. The van der Waals surface area contributed by atoms with Gasteiger partial charge in [0.05, 0.1) is 6.16 Å². The molecule has 136 valence electrons. The first-order valence-corrected chi connectivity index (χ1v) is 11.0. The zero-order valence-corrected chi connectivity index (χ0v) is 16.4. The first-order chi connectivity index (χ1) is 13.1. The van der Waals surface area contributed by atoms with Crippen LogP contribution in [0.3, 0.4) is 0 Å². The van der Waals surface area contributed by atoms with Gasteiger partial charge >= 0.3 is 5.97 Å². The van der Waals surface area contributed by atoms with Crippen LogP contribution in [0.2, 0.25) is 0 Å². The molecule has 3 aromatic rings. The van der Waals surface area contributed by atoms with Crippen molar-refractivity contribution in [3.8, 4) is 0 Å². The van der Waals surface area contributed by atoms with E-state index in [0.29, 0.717) is 0 Å². The SMILES string of the molecule is C=C(COC(C)=O)C[P+](c1ccccc1)(c1ccccc1)c1ccccc1. The Morgan fingerprint density at radius 2 is 1.15 bits per heavy atom. The van der Waals surface area contributed by atoms with Crippen molar-refractivity contribution in [1.29, 1.82) is 0 Å². The van der Waals surface area contributed by atoms with E-state index in [-0.39, 0.29) is 12.6 Å². The fraction of sp³-hybridized carbons (Fsp3) is 0.125. The fourth-order valence-electron chi connectivity index (χ4n) is 3.35. The Hall–Kier alpha value is -2.70. The zero-order valence-electron chi connectivity index (χ0n) is 15.5. The standard InChI is InChI=1S/C24H24O2P/c1-20(18-26-21(2)25)19-27(22-12-6-3-7-13-22,23-14-8-4-9-15-23)24-16-10-5-11-17-24/h3-17H,1,18-19H2,2H3/q+1. The summed E-state index contributed by atoms with van der Waals surface area (Å²) in [7, 11) is -1.96. The number of hydrogen-bond donors (Lipinski definition) is 0. The Balaban J connectivity index is 2.17. The van der Waals surface area contributed by atoms with E-state index in [1.165, 1.54) is 22.8 Å². The van der Waals surface area contributed by atoms with E-state index in [4.69, 9.17) is 4.74 Å². The molecular weight excluding hydrogens is 351 g/mol. The summed E-state index contributed by atoms with van der Waals surface area (Å²) in [4.78, 5) is 11.3. The highest BCUT2D eigenvalue weighted by Gasteiger charge is 2.45. The minimum Gasteiger partial charge on any atom is -0.461 e. The predicted molar refractivity (Wildman–Crippen MR) is 116 cm³/mol. The Morgan fingerprint density at radius 3 is 1.48 bits per heavy atom. The second kappa shape index (κ2) is 8.79. The van der Waals surface area contributed by atoms with Gasteiger partial charge < -0.3 is 4.74 Å². The van der Waals surface area contributed by atoms with Crippen molar-refractivity contribution in [3.05, 3.63) is 103 Å². The van der Waals surface area contributed by atoms with E-state index in [1.807, 2.05) is 18.2 Å². The van der Waals surface area contributed by atoms with Crippen molar-refractivity contribution in [2.24, 2.45) is 0 Å². The molecule has 0 aliphatic heterocycles. The molecule has 3 rings (SSSR count). The quantitative estimate of drug-likeness (QED) is 0.353. The molecule has 0 unspecified atom stereocenters. The number of carbonyl (C=O) groups excluding carboxylic acids is 1. The molecule has 0 bridgehead atoms. The minimum absolute atomic E-state index is 0.254. The minimum atomic E-state index is -1.96. The predicted octanol–water partition coefficient (Wildman–Crippen LogP) is 4.10. The lowest BCUT2D eigenvalue weighted by molar-refractivity contribution is -0.139. The smallest absolute Gasteiger partial charge is 0.302 e. The molecular formula is C24H24O2P+. The highest BCUT2D eigenvalue weighted by Crippen LogP contribution is 2.56. The number of esters is 1. The maximum atomic E-state index is 11.3. The molecule has 0 aliphatic carbocycles. The van der Waals surface area contributed by atoms with Gasteiger partial charge in [0.1, 0.15) is 29.8 Å². The van der Waals surface area contributed by atoms with Crippen LogP contribution in [0.15, 0.2) is 103 Å². The Bertz CT molecular complexity index is 793. The third kappa shape index (κ3) is 4.35. The molecule has 0 radical (unpaired) electrons. The van der Waals surface area contributed by atoms with Crippen molar-refractivity contribution >= 4 is 29.1 Å². The summed E-state index contributed by atoms with van der Waals surface area (Å²) < 4.78 is 5.24. The summed E-state index contributed by atoms with van der Waals surface area (Å²) in [6.45, 7) is 5.92. The number of rotatable bonds is 7.